The molecule has 0 radical (unpaired) electrons. The summed E-state index contributed by atoms with van der Waals surface area (Å²) in [4.78, 5) is 43.3. The van der Waals surface area contributed by atoms with E-state index in [-0.39, 0.29) is 23.6 Å². The first-order chi connectivity index (χ1) is 14.5. The lowest BCUT2D eigenvalue weighted by molar-refractivity contribution is -0.123. The van der Waals surface area contributed by atoms with Gasteiger partial charge in [0.15, 0.2) is 5.78 Å². The molecule has 0 N–H and O–H groups in total. The van der Waals surface area contributed by atoms with Gasteiger partial charge < -0.3 is 4.74 Å². The number of rotatable bonds is 4. The molecule has 3 fully saturated rings. The molecule has 30 heavy (non-hydrogen) atoms. The molecular weight excluding hydrogens is 387 g/mol. The predicted molar refractivity (Wildman–Crippen MR) is 107 cm³/mol. The molecule has 154 valence electrons. The van der Waals surface area contributed by atoms with Crippen LogP contribution in [0.15, 0.2) is 48.5 Å². The Morgan fingerprint density at radius 2 is 1.67 bits per heavy atom. The highest BCUT2D eigenvalue weighted by molar-refractivity contribution is 6.24. The average Bonchev–Trinajstić information content (AvgIpc) is 3.40. The van der Waals surface area contributed by atoms with Gasteiger partial charge in [-0.15, -0.1) is 0 Å². The SMILES string of the molecule is COc1ccc(N2C(=O)[C@@H]3[C@@H](C2=O)[C@@H]2CCCN2[C@@H]3C(=O)c2ccc(F)cc2)cc1. The minimum absolute atomic E-state index is 0.121. The van der Waals surface area contributed by atoms with E-state index >= 15 is 0 Å². The number of ether oxygens (including phenoxy) is 1. The van der Waals surface area contributed by atoms with Gasteiger partial charge in [0.2, 0.25) is 11.8 Å². The molecule has 2 aromatic carbocycles. The number of hydrogen-bond acceptors (Lipinski definition) is 5. The molecule has 0 unspecified atom stereocenters. The zero-order valence-electron chi connectivity index (χ0n) is 16.5. The molecule has 3 aliphatic heterocycles. The van der Waals surface area contributed by atoms with Gasteiger partial charge in [0, 0.05) is 11.6 Å². The number of benzene rings is 2. The van der Waals surface area contributed by atoms with Gasteiger partial charge >= 0.3 is 0 Å². The maximum absolute atomic E-state index is 13.4. The van der Waals surface area contributed by atoms with E-state index < -0.39 is 23.7 Å². The Labute approximate surface area is 173 Å². The van der Waals surface area contributed by atoms with Gasteiger partial charge in [0.05, 0.1) is 30.7 Å². The molecule has 2 aromatic rings. The van der Waals surface area contributed by atoms with Crippen LogP contribution in [0.1, 0.15) is 23.2 Å². The Hall–Kier alpha value is -3.06. The van der Waals surface area contributed by atoms with E-state index in [2.05, 4.69) is 0 Å². The quantitative estimate of drug-likeness (QED) is 0.575. The van der Waals surface area contributed by atoms with Gasteiger partial charge in [-0.1, -0.05) is 0 Å². The number of imide groups is 1. The number of anilines is 1. The summed E-state index contributed by atoms with van der Waals surface area (Å²) in [6.07, 6.45) is 1.66. The number of Topliss-reactive ketones (excluding diaryl/α,β-unsaturated/α-hetero) is 1. The van der Waals surface area contributed by atoms with Crippen LogP contribution in [0.3, 0.4) is 0 Å². The molecule has 5 rings (SSSR count). The van der Waals surface area contributed by atoms with Crippen LogP contribution in [0, 0.1) is 17.7 Å². The molecule has 3 saturated heterocycles. The van der Waals surface area contributed by atoms with Crippen molar-refractivity contribution in [1.82, 2.24) is 4.90 Å². The second kappa shape index (κ2) is 7.02. The molecule has 3 heterocycles. The van der Waals surface area contributed by atoms with Gasteiger partial charge in [-0.3, -0.25) is 19.3 Å². The van der Waals surface area contributed by atoms with E-state index in [1.807, 2.05) is 4.90 Å². The summed E-state index contributed by atoms with van der Waals surface area (Å²) in [5, 5.41) is 0. The van der Waals surface area contributed by atoms with Crippen molar-refractivity contribution in [1.29, 1.82) is 0 Å². The highest BCUT2D eigenvalue weighted by Gasteiger charge is 2.64. The Balaban J connectivity index is 1.52. The second-order valence-corrected chi connectivity index (χ2v) is 8.02. The molecule has 6 nitrogen and oxygen atoms in total. The third-order valence-electron chi connectivity index (χ3n) is 6.58. The van der Waals surface area contributed by atoms with Crippen LogP contribution < -0.4 is 9.64 Å². The third kappa shape index (κ3) is 2.69. The average molecular weight is 408 g/mol. The fraction of sp³-hybridized carbons (Fsp3) is 0.348. The van der Waals surface area contributed by atoms with Crippen molar-refractivity contribution in [3.8, 4) is 5.75 Å². The van der Waals surface area contributed by atoms with Crippen molar-refractivity contribution >= 4 is 23.3 Å². The number of carbonyl (C=O) groups is 3. The number of nitrogens with zero attached hydrogens (tertiary/aromatic N) is 2. The Morgan fingerprint density at radius 3 is 2.33 bits per heavy atom. The number of fused-ring (bicyclic) bond motifs is 3. The van der Waals surface area contributed by atoms with Crippen molar-refractivity contribution in [3.63, 3.8) is 0 Å². The number of halogens is 1. The standard InChI is InChI=1S/C23H21FN2O4/c1-30-16-10-8-15(9-11-16)26-22(28)18-17-3-2-12-25(17)20(19(18)23(26)29)21(27)13-4-6-14(24)7-5-13/h4-11,17-20H,2-3,12H2,1H3/t17-,18-,19+,20-/m0/s1. The maximum atomic E-state index is 13.4. The van der Waals surface area contributed by atoms with E-state index in [0.29, 0.717) is 23.5 Å². The smallest absolute Gasteiger partial charge is 0.239 e. The Kier molecular flexibility index (Phi) is 4.43. The fourth-order valence-electron chi connectivity index (χ4n) is 5.29. The predicted octanol–water partition coefficient (Wildman–Crippen LogP) is 2.67. The van der Waals surface area contributed by atoms with E-state index in [1.165, 1.54) is 29.2 Å². The highest BCUT2D eigenvalue weighted by Crippen LogP contribution is 2.48. The van der Waals surface area contributed by atoms with Crippen molar-refractivity contribution in [2.45, 2.75) is 24.9 Å². The van der Waals surface area contributed by atoms with Crippen molar-refractivity contribution in [2.24, 2.45) is 11.8 Å². The molecular formula is C23H21FN2O4. The summed E-state index contributed by atoms with van der Waals surface area (Å²) in [6.45, 7) is 0.679. The molecule has 0 spiro atoms. The lowest BCUT2D eigenvalue weighted by Gasteiger charge is -2.27. The minimum atomic E-state index is -0.720. The number of hydrogen-bond donors (Lipinski definition) is 0. The molecule has 3 aliphatic rings. The molecule has 0 bridgehead atoms. The van der Waals surface area contributed by atoms with Crippen LogP contribution in [0.4, 0.5) is 10.1 Å². The van der Waals surface area contributed by atoms with Gasteiger partial charge in [-0.05, 0) is 67.9 Å². The summed E-state index contributed by atoms with van der Waals surface area (Å²) in [5.41, 5.74) is 0.841. The maximum Gasteiger partial charge on any atom is 0.239 e. The summed E-state index contributed by atoms with van der Waals surface area (Å²) >= 11 is 0. The topological polar surface area (TPSA) is 66.9 Å². The van der Waals surface area contributed by atoms with Gasteiger partial charge in [-0.2, -0.15) is 0 Å². The number of amides is 2. The molecule has 0 aliphatic carbocycles. The highest BCUT2D eigenvalue weighted by atomic mass is 19.1. The molecule has 4 atom stereocenters. The van der Waals surface area contributed by atoms with E-state index in [4.69, 9.17) is 4.74 Å². The third-order valence-corrected chi connectivity index (χ3v) is 6.58. The summed E-state index contributed by atoms with van der Waals surface area (Å²) in [7, 11) is 1.55. The zero-order chi connectivity index (χ0) is 21.0. The monoisotopic (exact) mass is 408 g/mol. The first kappa shape index (κ1) is 18.9. The van der Waals surface area contributed by atoms with Gasteiger partial charge in [0.1, 0.15) is 11.6 Å². The van der Waals surface area contributed by atoms with E-state index in [0.717, 1.165) is 12.8 Å². The van der Waals surface area contributed by atoms with Crippen LogP contribution in [0.5, 0.6) is 5.75 Å². The van der Waals surface area contributed by atoms with Crippen molar-refractivity contribution in [3.05, 3.63) is 59.9 Å². The largest absolute Gasteiger partial charge is 0.497 e. The number of methoxy groups -OCH3 is 1. The summed E-state index contributed by atoms with van der Waals surface area (Å²) in [5.74, 6) is -1.87. The van der Waals surface area contributed by atoms with Crippen molar-refractivity contribution < 1.29 is 23.5 Å². The molecule has 7 heteroatoms. The summed E-state index contributed by atoms with van der Waals surface area (Å²) < 4.78 is 18.5. The van der Waals surface area contributed by atoms with Crippen LogP contribution >= 0.6 is 0 Å². The molecule has 0 saturated carbocycles. The summed E-state index contributed by atoms with van der Waals surface area (Å²) in [6, 6.07) is 11.3. The van der Waals surface area contributed by atoms with E-state index in [9.17, 15) is 18.8 Å². The molecule has 2 amide bonds. The van der Waals surface area contributed by atoms with E-state index in [1.54, 1.807) is 31.4 Å². The van der Waals surface area contributed by atoms with Gasteiger partial charge in [0.25, 0.3) is 0 Å². The minimum Gasteiger partial charge on any atom is -0.497 e. The number of carbonyl (C=O) groups excluding carboxylic acids is 3. The van der Waals surface area contributed by atoms with Crippen molar-refractivity contribution in [2.75, 3.05) is 18.6 Å². The normalized spacial score (nSPS) is 28.0. The zero-order valence-corrected chi connectivity index (χ0v) is 16.5. The number of ketones is 1. The lowest BCUT2D eigenvalue weighted by atomic mass is 9.85. The van der Waals surface area contributed by atoms with Crippen LogP contribution in [-0.2, 0) is 9.59 Å². The first-order valence-electron chi connectivity index (χ1n) is 10.1. The second-order valence-electron chi connectivity index (χ2n) is 8.02. The first-order valence-corrected chi connectivity index (χ1v) is 10.1. The Morgan fingerprint density at radius 1 is 1.00 bits per heavy atom. The Bertz CT molecular complexity index is 1020. The van der Waals surface area contributed by atoms with Gasteiger partial charge in [-0.25, -0.2) is 9.29 Å². The lowest BCUT2D eigenvalue weighted by Crippen LogP contribution is -2.46. The van der Waals surface area contributed by atoms with Crippen LogP contribution in [0.2, 0.25) is 0 Å². The molecule has 0 aromatic heterocycles. The van der Waals surface area contributed by atoms with Crippen LogP contribution in [-0.4, -0.2) is 48.2 Å². The van der Waals surface area contributed by atoms with Crippen LogP contribution in [0.25, 0.3) is 0 Å². The fourth-order valence-corrected chi connectivity index (χ4v) is 5.29.